The lowest BCUT2D eigenvalue weighted by atomic mass is 9.95. The molecule has 8 aromatic heterocycles. The molecule has 0 radical (unpaired) electrons. The van der Waals surface area contributed by atoms with Crippen molar-refractivity contribution in [2.75, 3.05) is 0 Å². The quantitative estimate of drug-likeness (QED) is 0.155. The van der Waals surface area contributed by atoms with Gasteiger partial charge in [0.05, 0.1) is 44.8 Å². The maximum absolute atomic E-state index is 5.22. The number of nitrogens with zero attached hydrogens (tertiary/aromatic N) is 8. The monoisotopic (exact) mass is 780 g/mol. The number of hydrogen-bond acceptors (Lipinski definition) is 7. The van der Waals surface area contributed by atoms with Crippen molar-refractivity contribution in [2.45, 2.75) is 0 Å². The van der Waals surface area contributed by atoms with Crippen LogP contribution in [-0.4, -0.2) is 39.5 Å². The second kappa shape index (κ2) is 14.1. The third-order valence-electron chi connectivity index (χ3n) is 11.5. The molecule has 8 heterocycles. The van der Waals surface area contributed by atoms with E-state index in [0.717, 1.165) is 116 Å². The number of rotatable bonds is 6. The van der Waals surface area contributed by atoms with E-state index in [9.17, 15) is 0 Å². The summed E-state index contributed by atoms with van der Waals surface area (Å²) in [7, 11) is 0. The lowest BCUT2D eigenvalue weighted by Crippen LogP contribution is -1.98. The summed E-state index contributed by atoms with van der Waals surface area (Å²) in [6.45, 7) is 0. The van der Waals surface area contributed by atoms with Crippen molar-refractivity contribution >= 4 is 54.4 Å². The molecule has 8 nitrogen and oxygen atoms in total. The Morgan fingerprint density at radius 3 is 1.61 bits per heavy atom. The first-order valence-corrected chi connectivity index (χ1v) is 20.1. The third-order valence-corrected chi connectivity index (χ3v) is 11.5. The molecule has 0 saturated heterocycles. The van der Waals surface area contributed by atoms with E-state index < -0.39 is 0 Å². The highest BCUT2D eigenvalue weighted by Gasteiger charge is 2.20. The smallest absolute Gasteiger partial charge is 0.137 e. The predicted octanol–water partition coefficient (Wildman–Crippen LogP) is 12.3. The summed E-state index contributed by atoms with van der Waals surface area (Å²) < 4.78 is 2.30. The first-order valence-electron chi connectivity index (χ1n) is 20.1. The van der Waals surface area contributed by atoms with Gasteiger partial charge >= 0.3 is 0 Å². The highest BCUT2D eigenvalue weighted by atomic mass is 15.1. The van der Waals surface area contributed by atoms with Gasteiger partial charge in [-0.25, -0.2) is 4.98 Å². The van der Waals surface area contributed by atoms with Crippen molar-refractivity contribution in [1.29, 1.82) is 0 Å². The number of fused-ring (bicyclic) bond motifs is 8. The summed E-state index contributed by atoms with van der Waals surface area (Å²) in [6, 6.07) is 52.3. The normalized spacial score (nSPS) is 11.6. The van der Waals surface area contributed by atoms with Crippen molar-refractivity contribution in [3.05, 3.63) is 195 Å². The maximum Gasteiger partial charge on any atom is 0.137 e. The summed E-state index contributed by atoms with van der Waals surface area (Å²) in [4.78, 5) is 33.4. The zero-order valence-corrected chi connectivity index (χ0v) is 32.6. The molecule has 12 rings (SSSR count). The third kappa shape index (κ3) is 5.80. The minimum Gasteiger partial charge on any atom is -0.293 e. The van der Waals surface area contributed by atoms with Gasteiger partial charge in [0, 0.05) is 87.0 Å². The van der Waals surface area contributed by atoms with Gasteiger partial charge in [0.1, 0.15) is 5.82 Å². The molecule has 0 saturated carbocycles. The molecule has 0 aliphatic rings. The predicted molar refractivity (Wildman–Crippen MR) is 245 cm³/mol. The summed E-state index contributed by atoms with van der Waals surface area (Å²) in [5.41, 5.74) is 13.5. The summed E-state index contributed by atoms with van der Waals surface area (Å²) >= 11 is 0. The Balaban J connectivity index is 1.06. The van der Waals surface area contributed by atoms with Crippen LogP contribution in [0, 0.1) is 0 Å². The van der Waals surface area contributed by atoms with Crippen LogP contribution >= 0.6 is 0 Å². The van der Waals surface area contributed by atoms with E-state index in [2.05, 4.69) is 117 Å². The minimum absolute atomic E-state index is 0.821. The maximum atomic E-state index is 5.22. The summed E-state index contributed by atoms with van der Waals surface area (Å²) in [5.74, 6) is 0.821. The lowest BCUT2D eigenvalue weighted by Gasteiger charge is -2.13. The van der Waals surface area contributed by atoms with Crippen LogP contribution in [0.2, 0.25) is 0 Å². The highest BCUT2D eigenvalue weighted by Crippen LogP contribution is 2.43. The van der Waals surface area contributed by atoms with Gasteiger partial charge in [0.15, 0.2) is 0 Å². The average molecular weight is 781 g/mol. The fourth-order valence-corrected chi connectivity index (χ4v) is 8.67. The fourth-order valence-electron chi connectivity index (χ4n) is 8.67. The minimum atomic E-state index is 0.821. The largest absolute Gasteiger partial charge is 0.293 e. The van der Waals surface area contributed by atoms with Gasteiger partial charge in [0.25, 0.3) is 0 Å². The van der Waals surface area contributed by atoms with E-state index >= 15 is 0 Å². The summed E-state index contributed by atoms with van der Waals surface area (Å²) in [5, 5.41) is 6.54. The average Bonchev–Trinajstić information content (AvgIpc) is 3.68. The second-order valence-corrected chi connectivity index (χ2v) is 15.0. The molecular formula is C53H32N8. The van der Waals surface area contributed by atoms with Crippen LogP contribution in [0.3, 0.4) is 0 Å². The fraction of sp³-hybridized carbons (Fsp3) is 0. The van der Waals surface area contributed by atoms with Crippen molar-refractivity contribution in [3.63, 3.8) is 0 Å². The molecule has 0 aliphatic carbocycles. The molecule has 0 unspecified atom stereocenters. The molecule has 61 heavy (non-hydrogen) atoms. The van der Waals surface area contributed by atoms with Crippen LogP contribution in [0.25, 0.3) is 116 Å². The zero-order chi connectivity index (χ0) is 40.3. The van der Waals surface area contributed by atoms with E-state index in [1.807, 2.05) is 85.6 Å². The van der Waals surface area contributed by atoms with Gasteiger partial charge in [-0.2, -0.15) is 0 Å². The molecule has 8 heteroatoms. The Labute approximate surface area is 349 Å². The molecule has 0 spiro atoms. The van der Waals surface area contributed by atoms with Gasteiger partial charge < -0.3 is 0 Å². The van der Waals surface area contributed by atoms with Crippen LogP contribution in [0.1, 0.15) is 0 Å². The van der Waals surface area contributed by atoms with E-state index in [4.69, 9.17) is 19.9 Å². The number of pyridine rings is 7. The van der Waals surface area contributed by atoms with E-state index in [1.54, 1.807) is 12.4 Å². The van der Waals surface area contributed by atoms with Crippen LogP contribution in [0.4, 0.5) is 0 Å². The van der Waals surface area contributed by atoms with Gasteiger partial charge in [-0.05, 0) is 107 Å². The van der Waals surface area contributed by atoms with Crippen LogP contribution < -0.4 is 0 Å². The SMILES string of the molecule is c1ccc(-c2ccc(-c3ccc4c(c3)c3cc(-c5ccc(-c6ccccn6)nc5)c5ccccc5c3n4-c3ccc(-c4cc5cccnc5c5ncccc45)cn3)cn2)nc1. The van der Waals surface area contributed by atoms with Gasteiger partial charge in [-0.15, -0.1) is 0 Å². The standard InChI is InChI=1S/C53H32N8/c1-2-11-40-38(10-1)42(36-16-20-48(59-31-36)46-14-4-6-24-55-46)29-44-43-27-33(35-15-19-47(58-30-35)45-13-3-5-23-54-45)17-21-49(43)61(53(40)44)50-22-18-37(32-60-50)41-28-34-9-7-25-56-51(34)52-39(41)12-8-26-57-52/h1-32H. The lowest BCUT2D eigenvalue weighted by molar-refractivity contribution is 1.09. The zero-order valence-electron chi connectivity index (χ0n) is 32.6. The first kappa shape index (κ1) is 34.5. The second-order valence-electron chi connectivity index (χ2n) is 15.0. The number of benzene rings is 4. The Kier molecular flexibility index (Phi) is 7.99. The van der Waals surface area contributed by atoms with Gasteiger partial charge in [0.2, 0.25) is 0 Å². The number of aromatic nitrogens is 8. The van der Waals surface area contributed by atoms with Crippen LogP contribution in [-0.2, 0) is 0 Å². The van der Waals surface area contributed by atoms with Crippen molar-refractivity contribution in [1.82, 2.24) is 39.5 Å². The van der Waals surface area contributed by atoms with Crippen molar-refractivity contribution < 1.29 is 0 Å². The van der Waals surface area contributed by atoms with Crippen molar-refractivity contribution in [2.24, 2.45) is 0 Å². The Morgan fingerprint density at radius 2 is 0.918 bits per heavy atom. The molecule has 0 atom stereocenters. The Morgan fingerprint density at radius 1 is 0.328 bits per heavy atom. The van der Waals surface area contributed by atoms with Crippen LogP contribution in [0.15, 0.2) is 195 Å². The first-order chi connectivity index (χ1) is 30.2. The Hall–Kier alpha value is -8.49. The van der Waals surface area contributed by atoms with Gasteiger partial charge in [-0.1, -0.05) is 66.7 Å². The van der Waals surface area contributed by atoms with Gasteiger partial charge in [-0.3, -0.25) is 34.5 Å². The van der Waals surface area contributed by atoms with E-state index in [-0.39, 0.29) is 0 Å². The molecule has 4 aromatic carbocycles. The number of hydrogen-bond donors (Lipinski definition) is 0. The molecule has 0 aliphatic heterocycles. The highest BCUT2D eigenvalue weighted by molar-refractivity contribution is 6.22. The molecule has 284 valence electrons. The summed E-state index contributed by atoms with van der Waals surface area (Å²) in [6.07, 6.45) is 13.1. The molecule has 0 fully saturated rings. The molecule has 0 N–H and O–H groups in total. The molecule has 12 aromatic rings. The van der Waals surface area contributed by atoms with Crippen LogP contribution in [0.5, 0.6) is 0 Å². The van der Waals surface area contributed by atoms with Crippen molar-refractivity contribution in [3.8, 4) is 62.0 Å². The topological polar surface area (TPSA) is 95.2 Å². The molecular weight excluding hydrogens is 749 g/mol. The van der Waals surface area contributed by atoms with E-state index in [1.165, 1.54) is 0 Å². The van der Waals surface area contributed by atoms with E-state index in [0.29, 0.717) is 0 Å². The Bertz CT molecular complexity index is 3610. The molecule has 0 bridgehead atoms. The molecule has 0 amide bonds.